The number of furan rings is 1. The van der Waals surface area contributed by atoms with Gasteiger partial charge in [0.15, 0.2) is 11.0 Å². The highest BCUT2D eigenvalue weighted by Crippen LogP contribution is 2.21. The van der Waals surface area contributed by atoms with Gasteiger partial charge in [0, 0.05) is 6.42 Å². The van der Waals surface area contributed by atoms with Crippen molar-refractivity contribution >= 4 is 11.6 Å². The molecule has 0 fully saturated rings. The van der Waals surface area contributed by atoms with Crippen molar-refractivity contribution in [3.63, 3.8) is 0 Å². The van der Waals surface area contributed by atoms with Crippen LogP contribution < -0.4 is 11.3 Å². The molecule has 0 aliphatic rings. The van der Waals surface area contributed by atoms with E-state index in [2.05, 4.69) is 20.8 Å². The van der Waals surface area contributed by atoms with Crippen molar-refractivity contribution in [2.24, 2.45) is 12.9 Å². The van der Waals surface area contributed by atoms with Crippen LogP contribution in [0.1, 0.15) is 17.6 Å². The molecule has 2 heterocycles. The molecular formula is C8H11ClN6O. The molecule has 0 aromatic carbocycles. The van der Waals surface area contributed by atoms with E-state index >= 15 is 0 Å². The molecule has 0 aliphatic heterocycles. The number of aromatic nitrogens is 4. The minimum Gasteiger partial charge on any atom is -0.448 e. The fourth-order valence-corrected chi connectivity index (χ4v) is 1.50. The number of hydrazine groups is 1. The Bertz CT molecular complexity index is 467. The molecule has 7 nitrogen and oxygen atoms in total. The van der Waals surface area contributed by atoms with Gasteiger partial charge in [-0.15, -0.1) is 10.2 Å². The van der Waals surface area contributed by atoms with Crippen LogP contribution in [-0.2, 0) is 13.5 Å². The average Bonchev–Trinajstić information content (AvgIpc) is 2.84. The Morgan fingerprint density at radius 3 is 2.94 bits per heavy atom. The highest BCUT2D eigenvalue weighted by molar-refractivity contribution is 6.28. The van der Waals surface area contributed by atoms with Crippen molar-refractivity contribution in [2.75, 3.05) is 0 Å². The third-order valence-corrected chi connectivity index (χ3v) is 2.28. The number of hydrogen-bond donors (Lipinski definition) is 2. The normalized spacial score (nSPS) is 12.9. The van der Waals surface area contributed by atoms with E-state index in [0.717, 1.165) is 0 Å². The second kappa shape index (κ2) is 4.60. The summed E-state index contributed by atoms with van der Waals surface area (Å²) >= 11 is 5.69. The maximum atomic E-state index is 5.69. The summed E-state index contributed by atoms with van der Waals surface area (Å²) in [4.78, 5) is 1.39. The Balaban J connectivity index is 2.12. The molecule has 3 N–H and O–H groups in total. The highest BCUT2D eigenvalue weighted by atomic mass is 35.5. The van der Waals surface area contributed by atoms with Crippen LogP contribution in [-0.4, -0.2) is 20.2 Å². The molecule has 0 bridgehead atoms. The molecule has 0 spiro atoms. The number of tetrazole rings is 1. The summed E-state index contributed by atoms with van der Waals surface area (Å²) < 4.78 is 5.26. The highest BCUT2D eigenvalue weighted by Gasteiger charge is 2.17. The van der Waals surface area contributed by atoms with Crippen LogP contribution in [0.15, 0.2) is 16.5 Å². The summed E-state index contributed by atoms with van der Waals surface area (Å²) in [5.74, 6) is 6.65. The number of nitrogens with two attached hydrogens (primary N) is 1. The van der Waals surface area contributed by atoms with Crippen LogP contribution in [0, 0.1) is 0 Å². The molecule has 0 amide bonds. The zero-order valence-electron chi connectivity index (χ0n) is 8.59. The van der Waals surface area contributed by atoms with Crippen molar-refractivity contribution in [1.29, 1.82) is 0 Å². The minimum atomic E-state index is -0.225. The summed E-state index contributed by atoms with van der Waals surface area (Å²) in [5.41, 5.74) is 2.62. The predicted octanol–water partition coefficient (Wildman–Crippen LogP) is 0.204. The average molecular weight is 243 g/mol. The lowest BCUT2D eigenvalue weighted by atomic mass is 10.1. The lowest BCUT2D eigenvalue weighted by Gasteiger charge is -2.10. The number of hydrogen-bond acceptors (Lipinski definition) is 6. The Hall–Kier alpha value is -1.44. The third-order valence-electron chi connectivity index (χ3n) is 2.08. The molecule has 1 unspecified atom stereocenters. The van der Waals surface area contributed by atoms with Crippen LogP contribution in [0.2, 0.25) is 5.22 Å². The van der Waals surface area contributed by atoms with E-state index in [-0.39, 0.29) is 6.04 Å². The number of aryl methyl sites for hydroxylation is 1. The van der Waals surface area contributed by atoms with Crippen LogP contribution in [0.25, 0.3) is 0 Å². The molecule has 16 heavy (non-hydrogen) atoms. The molecule has 86 valence electrons. The first kappa shape index (κ1) is 11.1. The van der Waals surface area contributed by atoms with Gasteiger partial charge in [-0.25, -0.2) is 5.43 Å². The smallest absolute Gasteiger partial charge is 0.193 e. The van der Waals surface area contributed by atoms with Crippen LogP contribution in [0.5, 0.6) is 0 Å². The fourth-order valence-electron chi connectivity index (χ4n) is 1.34. The Kier molecular flexibility index (Phi) is 3.18. The topological polar surface area (TPSA) is 94.8 Å². The zero-order valence-corrected chi connectivity index (χ0v) is 9.35. The van der Waals surface area contributed by atoms with Gasteiger partial charge >= 0.3 is 0 Å². The SMILES string of the molecule is Cn1nnc(CC(NN)c2ccc(Cl)o2)n1. The van der Waals surface area contributed by atoms with Crippen LogP contribution in [0.3, 0.4) is 0 Å². The maximum Gasteiger partial charge on any atom is 0.193 e. The molecule has 1 atom stereocenters. The Morgan fingerprint density at radius 2 is 2.44 bits per heavy atom. The number of nitrogens with one attached hydrogen (secondary N) is 1. The summed E-state index contributed by atoms with van der Waals surface area (Å²) in [5, 5.41) is 12.0. The van der Waals surface area contributed by atoms with Crippen molar-refractivity contribution in [3.05, 3.63) is 28.9 Å². The molecule has 0 saturated carbocycles. The molecule has 0 aliphatic carbocycles. The molecule has 2 aromatic heterocycles. The third kappa shape index (κ3) is 2.38. The largest absolute Gasteiger partial charge is 0.448 e. The molecule has 0 radical (unpaired) electrons. The second-order valence-electron chi connectivity index (χ2n) is 3.26. The first-order valence-corrected chi connectivity index (χ1v) is 5.01. The van der Waals surface area contributed by atoms with Gasteiger partial charge in [-0.05, 0) is 28.9 Å². The molecule has 8 heteroatoms. The van der Waals surface area contributed by atoms with Crippen molar-refractivity contribution < 1.29 is 4.42 Å². The minimum absolute atomic E-state index is 0.225. The molecular weight excluding hydrogens is 232 g/mol. The van der Waals surface area contributed by atoms with Gasteiger partial charge in [0.25, 0.3) is 0 Å². The van der Waals surface area contributed by atoms with E-state index in [0.29, 0.717) is 23.2 Å². The predicted molar refractivity (Wildman–Crippen MR) is 56.3 cm³/mol. The van der Waals surface area contributed by atoms with Crippen molar-refractivity contribution in [2.45, 2.75) is 12.5 Å². The van der Waals surface area contributed by atoms with E-state index < -0.39 is 0 Å². The van der Waals surface area contributed by atoms with Gasteiger partial charge in [-0.3, -0.25) is 5.84 Å². The van der Waals surface area contributed by atoms with Gasteiger partial charge in [0.1, 0.15) is 5.76 Å². The monoisotopic (exact) mass is 242 g/mol. The number of nitrogens with zero attached hydrogens (tertiary/aromatic N) is 4. The van der Waals surface area contributed by atoms with E-state index in [9.17, 15) is 0 Å². The van der Waals surface area contributed by atoms with Crippen LogP contribution in [0.4, 0.5) is 0 Å². The first-order chi connectivity index (χ1) is 7.69. The van der Waals surface area contributed by atoms with E-state index in [1.165, 1.54) is 4.80 Å². The quantitative estimate of drug-likeness (QED) is 0.588. The number of rotatable bonds is 4. The van der Waals surface area contributed by atoms with E-state index in [1.807, 2.05) is 0 Å². The van der Waals surface area contributed by atoms with Gasteiger partial charge in [-0.1, -0.05) is 0 Å². The standard InChI is InChI=1S/C8H11ClN6O/c1-15-13-8(12-14-15)4-5(11-10)6-2-3-7(9)16-6/h2-3,5,11H,4,10H2,1H3. The van der Waals surface area contributed by atoms with Crippen molar-refractivity contribution in [1.82, 2.24) is 25.6 Å². The Morgan fingerprint density at radius 1 is 1.62 bits per heavy atom. The molecule has 0 saturated heterocycles. The number of halogens is 1. The second-order valence-corrected chi connectivity index (χ2v) is 3.63. The van der Waals surface area contributed by atoms with E-state index in [1.54, 1.807) is 19.2 Å². The molecule has 2 aromatic rings. The fraction of sp³-hybridized carbons (Fsp3) is 0.375. The van der Waals surface area contributed by atoms with Crippen molar-refractivity contribution in [3.8, 4) is 0 Å². The zero-order chi connectivity index (χ0) is 11.5. The van der Waals surface area contributed by atoms with Crippen LogP contribution >= 0.6 is 11.6 Å². The summed E-state index contributed by atoms with van der Waals surface area (Å²) in [6.45, 7) is 0. The van der Waals surface area contributed by atoms with Gasteiger partial charge in [0.05, 0.1) is 13.1 Å². The lowest BCUT2D eigenvalue weighted by Crippen LogP contribution is -2.29. The maximum absolute atomic E-state index is 5.69. The molecule has 2 rings (SSSR count). The van der Waals surface area contributed by atoms with Gasteiger partial charge < -0.3 is 4.42 Å². The first-order valence-electron chi connectivity index (χ1n) is 4.63. The summed E-state index contributed by atoms with van der Waals surface area (Å²) in [6, 6.07) is 3.19. The van der Waals surface area contributed by atoms with Gasteiger partial charge in [-0.2, -0.15) is 4.80 Å². The summed E-state index contributed by atoms with van der Waals surface area (Å²) in [6.07, 6.45) is 0.480. The lowest BCUT2D eigenvalue weighted by molar-refractivity contribution is 0.412. The Labute approximate surface area is 96.5 Å². The van der Waals surface area contributed by atoms with Gasteiger partial charge in [0.2, 0.25) is 0 Å². The summed E-state index contributed by atoms with van der Waals surface area (Å²) in [7, 11) is 1.70. The van der Waals surface area contributed by atoms with E-state index in [4.69, 9.17) is 21.9 Å².